The molecule has 0 fully saturated rings. The minimum atomic E-state index is 1.08. The van der Waals surface area contributed by atoms with E-state index in [4.69, 9.17) is 0 Å². The largest absolute Gasteiger partial charge is 0.310 e. The second kappa shape index (κ2) is 13.4. The molecule has 0 saturated carbocycles. The Labute approximate surface area is 315 Å². The van der Waals surface area contributed by atoms with Crippen LogP contribution >= 0.6 is 0 Å². The van der Waals surface area contributed by atoms with Crippen LogP contribution in [0.4, 0.5) is 17.1 Å². The molecule has 254 valence electrons. The predicted octanol–water partition coefficient (Wildman–Crippen LogP) is 14.4. The number of fused-ring (bicyclic) bond motifs is 4. The van der Waals surface area contributed by atoms with Crippen LogP contribution in [0.5, 0.6) is 0 Å². The number of nitrogens with zero attached hydrogens (tertiary/aromatic N) is 2. The standard InChI is InChI=1S/C52H36N2/c1-3-13-37(14-4-1)40-25-28-44(29-26-40)53(45-30-32-46(33-31-45)54-50-21-11-9-19-47(50)48-20-10-12-22-51(48)54)52-34-27-42(38-15-5-2-6-16-38)36-49(52)43-24-23-39-17-7-8-18-41(39)35-43/h1-36H. The summed E-state index contributed by atoms with van der Waals surface area (Å²) in [4.78, 5) is 2.41. The van der Waals surface area contributed by atoms with Crippen molar-refractivity contribution >= 4 is 49.6 Å². The van der Waals surface area contributed by atoms with E-state index in [9.17, 15) is 0 Å². The number of anilines is 3. The van der Waals surface area contributed by atoms with Crippen molar-refractivity contribution in [3.63, 3.8) is 0 Å². The molecule has 0 N–H and O–H groups in total. The zero-order chi connectivity index (χ0) is 35.8. The van der Waals surface area contributed by atoms with Crippen molar-refractivity contribution in [3.8, 4) is 39.1 Å². The highest BCUT2D eigenvalue weighted by atomic mass is 15.1. The molecule has 0 radical (unpaired) electrons. The molecule has 0 unspecified atom stereocenters. The number of benzene rings is 9. The van der Waals surface area contributed by atoms with E-state index in [0.717, 1.165) is 22.7 Å². The van der Waals surface area contributed by atoms with Gasteiger partial charge in [-0.05, 0) is 105 Å². The Kier molecular flexibility index (Phi) is 7.85. The third-order valence-corrected chi connectivity index (χ3v) is 10.6. The molecule has 10 rings (SSSR count). The molecule has 0 bridgehead atoms. The van der Waals surface area contributed by atoms with Gasteiger partial charge in [-0.3, -0.25) is 0 Å². The minimum Gasteiger partial charge on any atom is -0.310 e. The Bertz CT molecular complexity index is 2850. The fourth-order valence-electron chi connectivity index (χ4n) is 7.94. The molecule has 9 aromatic carbocycles. The van der Waals surface area contributed by atoms with Crippen LogP contribution in [0.2, 0.25) is 0 Å². The topological polar surface area (TPSA) is 8.17 Å². The molecule has 0 aliphatic rings. The van der Waals surface area contributed by atoms with E-state index >= 15 is 0 Å². The zero-order valence-electron chi connectivity index (χ0n) is 29.7. The normalized spacial score (nSPS) is 11.3. The van der Waals surface area contributed by atoms with Gasteiger partial charge in [0.2, 0.25) is 0 Å². The van der Waals surface area contributed by atoms with Gasteiger partial charge in [-0.25, -0.2) is 0 Å². The summed E-state index contributed by atoms with van der Waals surface area (Å²) >= 11 is 0. The van der Waals surface area contributed by atoms with E-state index in [2.05, 4.69) is 228 Å². The number of hydrogen-bond donors (Lipinski definition) is 0. The summed E-state index contributed by atoms with van der Waals surface area (Å²) in [7, 11) is 0. The van der Waals surface area contributed by atoms with Crippen LogP contribution < -0.4 is 4.90 Å². The van der Waals surface area contributed by atoms with E-state index in [-0.39, 0.29) is 0 Å². The molecular weight excluding hydrogens is 653 g/mol. The summed E-state index contributed by atoms with van der Waals surface area (Å²) in [5.74, 6) is 0. The lowest BCUT2D eigenvalue weighted by Crippen LogP contribution is -2.11. The van der Waals surface area contributed by atoms with Crippen LogP contribution in [0, 0.1) is 0 Å². The van der Waals surface area contributed by atoms with Crippen LogP contribution in [-0.2, 0) is 0 Å². The Hall–Kier alpha value is -7.16. The lowest BCUT2D eigenvalue weighted by molar-refractivity contribution is 1.17. The molecule has 0 aliphatic carbocycles. The summed E-state index contributed by atoms with van der Waals surface area (Å²) in [5, 5.41) is 4.98. The third-order valence-electron chi connectivity index (χ3n) is 10.6. The zero-order valence-corrected chi connectivity index (χ0v) is 29.7. The van der Waals surface area contributed by atoms with Crippen molar-refractivity contribution in [3.05, 3.63) is 218 Å². The van der Waals surface area contributed by atoms with E-state index < -0.39 is 0 Å². The molecule has 1 aromatic heterocycles. The van der Waals surface area contributed by atoms with Crippen LogP contribution in [0.3, 0.4) is 0 Å². The molecule has 2 nitrogen and oxygen atoms in total. The molecule has 0 atom stereocenters. The van der Waals surface area contributed by atoms with Gasteiger partial charge >= 0.3 is 0 Å². The van der Waals surface area contributed by atoms with Gasteiger partial charge < -0.3 is 9.47 Å². The number of hydrogen-bond acceptors (Lipinski definition) is 1. The highest BCUT2D eigenvalue weighted by Gasteiger charge is 2.20. The van der Waals surface area contributed by atoms with Crippen LogP contribution in [-0.4, -0.2) is 4.57 Å². The van der Waals surface area contributed by atoms with Crippen molar-refractivity contribution < 1.29 is 0 Å². The molecular formula is C52H36N2. The molecule has 54 heavy (non-hydrogen) atoms. The van der Waals surface area contributed by atoms with Crippen LogP contribution in [0.1, 0.15) is 0 Å². The summed E-state index contributed by atoms with van der Waals surface area (Å²) in [6.07, 6.45) is 0. The van der Waals surface area contributed by atoms with Gasteiger partial charge in [-0.2, -0.15) is 0 Å². The van der Waals surface area contributed by atoms with Crippen LogP contribution in [0.25, 0.3) is 71.6 Å². The molecule has 10 aromatic rings. The Morgan fingerprint density at radius 2 is 0.796 bits per heavy atom. The van der Waals surface area contributed by atoms with Crippen molar-refractivity contribution in [2.75, 3.05) is 4.90 Å². The maximum Gasteiger partial charge on any atom is 0.0541 e. The van der Waals surface area contributed by atoms with Crippen LogP contribution in [0.15, 0.2) is 218 Å². The van der Waals surface area contributed by atoms with Gasteiger partial charge in [0.05, 0.1) is 16.7 Å². The van der Waals surface area contributed by atoms with E-state index in [0.29, 0.717) is 0 Å². The van der Waals surface area contributed by atoms with Crippen molar-refractivity contribution in [1.29, 1.82) is 0 Å². The highest BCUT2D eigenvalue weighted by Crippen LogP contribution is 2.44. The quantitative estimate of drug-likeness (QED) is 0.162. The van der Waals surface area contributed by atoms with E-state index in [1.165, 1.54) is 66.0 Å². The van der Waals surface area contributed by atoms with E-state index in [1.54, 1.807) is 0 Å². The van der Waals surface area contributed by atoms with Gasteiger partial charge in [-0.15, -0.1) is 0 Å². The predicted molar refractivity (Wildman–Crippen MR) is 229 cm³/mol. The summed E-state index contributed by atoms with van der Waals surface area (Å²) in [5.41, 5.74) is 13.9. The average Bonchev–Trinajstić information content (AvgIpc) is 3.59. The van der Waals surface area contributed by atoms with Gasteiger partial charge in [-0.1, -0.05) is 152 Å². The lowest BCUT2D eigenvalue weighted by Gasteiger charge is -2.29. The fourth-order valence-corrected chi connectivity index (χ4v) is 7.94. The molecule has 0 spiro atoms. The summed E-state index contributed by atoms with van der Waals surface area (Å²) < 4.78 is 2.38. The molecule has 1 heterocycles. The van der Waals surface area contributed by atoms with Gasteiger partial charge in [0.1, 0.15) is 0 Å². The monoisotopic (exact) mass is 688 g/mol. The maximum absolute atomic E-state index is 2.41. The third kappa shape index (κ3) is 5.62. The smallest absolute Gasteiger partial charge is 0.0541 e. The second-order valence-corrected chi connectivity index (χ2v) is 13.8. The van der Waals surface area contributed by atoms with Crippen molar-refractivity contribution in [2.45, 2.75) is 0 Å². The van der Waals surface area contributed by atoms with Gasteiger partial charge in [0.25, 0.3) is 0 Å². The molecule has 0 amide bonds. The van der Waals surface area contributed by atoms with Crippen molar-refractivity contribution in [1.82, 2.24) is 4.57 Å². The molecule has 2 heteroatoms. The van der Waals surface area contributed by atoms with Gasteiger partial charge in [0.15, 0.2) is 0 Å². The number of para-hydroxylation sites is 2. The summed E-state index contributed by atoms with van der Waals surface area (Å²) in [6, 6.07) is 79.0. The SMILES string of the molecule is c1ccc(-c2ccc(N(c3ccc(-n4c5ccccc5c5ccccc54)cc3)c3ccc(-c4ccccc4)cc3-c3ccc4ccccc4c3)cc2)cc1. The number of aromatic nitrogens is 1. The maximum atomic E-state index is 2.41. The Morgan fingerprint density at radius 3 is 1.44 bits per heavy atom. The Morgan fingerprint density at radius 1 is 0.315 bits per heavy atom. The minimum absolute atomic E-state index is 1.08. The van der Waals surface area contributed by atoms with Crippen molar-refractivity contribution in [2.24, 2.45) is 0 Å². The fraction of sp³-hybridized carbons (Fsp3) is 0. The molecule has 0 saturated heterocycles. The Balaban J connectivity index is 1.17. The lowest BCUT2D eigenvalue weighted by atomic mass is 9.94. The first-order chi connectivity index (χ1) is 26.8. The molecule has 0 aliphatic heterocycles. The first-order valence-electron chi connectivity index (χ1n) is 18.5. The van der Waals surface area contributed by atoms with Gasteiger partial charge in [0, 0.05) is 33.4 Å². The number of rotatable bonds is 7. The highest BCUT2D eigenvalue weighted by molar-refractivity contribution is 6.09. The first kappa shape index (κ1) is 31.6. The second-order valence-electron chi connectivity index (χ2n) is 13.8. The van der Waals surface area contributed by atoms with E-state index in [1.807, 2.05) is 0 Å². The summed E-state index contributed by atoms with van der Waals surface area (Å²) in [6.45, 7) is 0. The first-order valence-corrected chi connectivity index (χ1v) is 18.5. The average molecular weight is 689 g/mol.